The summed E-state index contributed by atoms with van der Waals surface area (Å²) in [5.74, 6) is 0. The molecule has 0 amide bonds. The van der Waals surface area contributed by atoms with Crippen molar-refractivity contribution in [2.45, 2.75) is 0 Å². The van der Waals surface area contributed by atoms with E-state index in [4.69, 9.17) is 20.0 Å². The highest BCUT2D eigenvalue weighted by Crippen LogP contribution is 2.44. The average molecular weight is 1000 g/mol. The fourth-order valence-electron chi connectivity index (χ4n) is 9.98. The minimum Gasteiger partial charge on any atom is -0.423 e. The van der Waals surface area contributed by atoms with Crippen LogP contribution >= 0.6 is 31.9 Å². The summed E-state index contributed by atoms with van der Waals surface area (Å²) in [5, 5.41) is 36.8. The number of para-hydroxylation sites is 3. The molecule has 9 heteroatoms. The largest absolute Gasteiger partial charge is 0.490 e. The molecule has 3 radical (unpaired) electrons. The number of aromatic nitrogens is 3. The summed E-state index contributed by atoms with van der Waals surface area (Å²) < 4.78 is 2.31. The van der Waals surface area contributed by atoms with E-state index in [1.807, 2.05) is 42.7 Å². The smallest absolute Gasteiger partial charge is 0.423 e. The van der Waals surface area contributed by atoms with E-state index in [-0.39, 0.29) is 8.41 Å². The number of benzene rings is 11. The molecule has 14 rings (SSSR count). The van der Waals surface area contributed by atoms with Gasteiger partial charge in [-0.15, -0.1) is 0 Å². The Morgan fingerprint density at radius 3 is 1.09 bits per heavy atom. The lowest BCUT2D eigenvalue weighted by molar-refractivity contribution is 0.426. The molecular weight excluding hydrogens is 964 g/mol. The van der Waals surface area contributed by atoms with Crippen LogP contribution in [0.2, 0.25) is 0 Å². The van der Waals surface area contributed by atoms with Crippen molar-refractivity contribution < 1.29 is 10.0 Å². The van der Waals surface area contributed by atoms with Crippen LogP contribution in [0, 0.1) is 0 Å². The molecule has 14 aromatic rings. The minimum absolute atomic E-state index is 0. The molecular formula is C59H36B2Br2N3O2. The van der Waals surface area contributed by atoms with Crippen LogP contribution in [0.25, 0.3) is 120 Å². The summed E-state index contributed by atoms with van der Waals surface area (Å²) in [4.78, 5) is 13.6. The van der Waals surface area contributed by atoms with Gasteiger partial charge in [0.05, 0.1) is 16.6 Å². The first-order valence-electron chi connectivity index (χ1n) is 22.0. The molecule has 0 aliphatic carbocycles. The molecule has 0 unspecified atom stereocenters. The first-order valence-corrected chi connectivity index (χ1v) is 23.6. The molecule has 0 aliphatic heterocycles. The van der Waals surface area contributed by atoms with Crippen LogP contribution in [-0.4, -0.2) is 40.5 Å². The predicted molar refractivity (Wildman–Crippen MR) is 294 cm³/mol. The topological polar surface area (TPSA) is 79.1 Å². The summed E-state index contributed by atoms with van der Waals surface area (Å²) in [5.41, 5.74) is 7.94. The van der Waals surface area contributed by atoms with Gasteiger partial charge in [0.2, 0.25) is 0 Å². The van der Waals surface area contributed by atoms with Crippen molar-refractivity contribution in [1.82, 2.24) is 15.0 Å². The highest BCUT2D eigenvalue weighted by atomic mass is 79.9. The molecule has 0 spiro atoms. The van der Waals surface area contributed by atoms with E-state index in [0.29, 0.717) is 11.0 Å². The average Bonchev–Trinajstić information content (AvgIpc) is 3.38. The quantitative estimate of drug-likeness (QED) is 0.136. The third kappa shape index (κ3) is 7.30. The van der Waals surface area contributed by atoms with Crippen LogP contribution in [0.15, 0.2) is 216 Å². The van der Waals surface area contributed by atoms with E-state index in [1.54, 1.807) is 18.3 Å². The SMILES string of the molecule is Brc1ccc2ccc3c(Br)ccc4ccc1c2c43.OB(O)c1cccc2cccnc12.[B].c1cnc2c(-c3ccc4ccc5c(-c6cccc7cccnc67)ccc6ccc3c4c65)cccc2c1. The first-order chi connectivity index (χ1) is 32.9. The maximum atomic E-state index is 9.04. The maximum absolute atomic E-state index is 9.04. The third-order valence-electron chi connectivity index (χ3n) is 13.0. The van der Waals surface area contributed by atoms with Crippen molar-refractivity contribution in [3.63, 3.8) is 0 Å². The molecule has 0 fully saturated rings. The van der Waals surface area contributed by atoms with Crippen molar-refractivity contribution in [3.05, 3.63) is 216 Å². The van der Waals surface area contributed by atoms with Crippen molar-refractivity contribution in [2.75, 3.05) is 0 Å². The van der Waals surface area contributed by atoms with Crippen molar-refractivity contribution in [1.29, 1.82) is 0 Å². The maximum Gasteiger partial charge on any atom is 0.490 e. The van der Waals surface area contributed by atoms with E-state index < -0.39 is 7.12 Å². The normalized spacial score (nSPS) is 11.4. The van der Waals surface area contributed by atoms with Crippen LogP contribution < -0.4 is 5.46 Å². The number of hydrogen-bond donors (Lipinski definition) is 2. The van der Waals surface area contributed by atoms with E-state index in [1.165, 1.54) is 86.9 Å². The summed E-state index contributed by atoms with van der Waals surface area (Å²) >= 11 is 7.30. The zero-order valence-electron chi connectivity index (χ0n) is 36.3. The lowest BCUT2D eigenvalue weighted by Gasteiger charge is -2.17. The fraction of sp³-hybridized carbons (Fsp3) is 0. The zero-order valence-corrected chi connectivity index (χ0v) is 39.4. The van der Waals surface area contributed by atoms with Crippen LogP contribution in [0.3, 0.4) is 0 Å². The monoisotopic (exact) mass is 998 g/mol. The summed E-state index contributed by atoms with van der Waals surface area (Å²) in [6.07, 6.45) is 5.40. The van der Waals surface area contributed by atoms with Gasteiger partial charge in [-0.05, 0) is 111 Å². The van der Waals surface area contributed by atoms with Gasteiger partial charge < -0.3 is 10.0 Å². The molecule has 0 bridgehead atoms. The summed E-state index contributed by atoms with van der Waals surface area (Å²) in [6.45, 7) is 0. The van der Waals surface area contributed by atoms with Crippen molar-refractivity contribution >= 4 is 150 Å². The minimum atomic E-state index is -1.46. The summed E-state index contributed by atoms with van der Waals surface area (Å²) in [7, 11) is -1.46. The Balaban J connectivity index is 0.000000131. The standard InChI is InChI=1S/C34H20N2.C16H8Br2.C9H8BNO2.B/c1-5-23-7-3-19-35-33(23)29(9-1)25-15-11-21-14-18-28-26(16-12-22-13-17-27(25)31(21)32(22)28)30-10-2-6-24-8-4-20-36-34(24)30;17-13-8-4-10-2-6-12-14(18)7-3-9-1-5-11(13)16(10)15(9)12;12-10(13)8-5-1-3-7-4-2-6-11-9(7)8;/h1-20H;1-8H;1-6,12-13H;. The third-order valence-corrected chi connectivity index (χ3v) is 14.4. The molecule has 3 heterocycles. The lowest BCUT2D eigenvalue weighted by Crippen LogP contribution is -2.30. The first kappa shape index (κ1) is 43.3. The molecule has 0 atom stereocenters. The molecule has 5 nitrogen and oxygen atoms in total. The second-order valence-electron chi connectivity index (χ2n) is 16.7. The van der Waals surface area contributed by atoms with Gasteiger partial charge in [0.25, 0.3) is 0 Å². The molecule has 11 aromatic carbocycles. The van der Waals surface area contributed by atoms with Gasteiger partial charge in [0.15, 0.2) is 0 Å². The van der Waals surface area contributed by atoms with Crippen molar-refractivity contribution in [2.24, 2.45) is 0 Å². The number of halogens is 2. The number of fused-ring (bicyclic) bond motifs is 3. The Morgan fingerprint density at radius 2 is 0.647 bits per heavy atom. The Kier molecular flexibility index (Phi) is 11.3. The van der Waals surface area contributed by atoms with Gasteiger partial charge in [0.1, 0.15) is 0 Å². The zero-order chi connectivity index (χ0) is 45.2. The Labute approximate surface area is 410 Å². The van der Waals surface area contributed by atoms with Crippen LogP contribution in [0.5, 0.6) is 0 Å². The van der Waals surface area contributed by atoms with Gasteiger partial charge in [0, 0.05) is 63.3 Å². The van der Waals surface area contributed by atoms with Crippen LogP contribution in [0.4, 0.5) is 0 Å². The number of hydrogen-bond acceptors (Lipinski definition) is 5. The van der Waals surface area contributed by atoms with Crippen molar-refractivity contribution in [3.8, 4) is 22.3 Å². The van der Waals surface area contributed by atoms with Crippen LogP contribution in [-0.2, 0) is 0 Å². The van der Waals surface area contributed by atoms with Gasteiger partial charge in [-0.25, -0.2) is 0 Å². The molecule has 3 aromatic heterocycles. The molecule has 0 aliphatic rings. The molecule has 2 N–H and O–H groups in total. The van der Waals surface area contributed by atoms with Gasteiger partial charge in [-0.1, -0.05) is 190 Å². The number of pyridine rings is 3. The number of rotatable bonds is 3. The second kappa shape index (κ2) is 17.8. The molecule has 0 saturated heterocycles. The van der Waals surface area contributed by atoms with E-state index in [0.717, 1.165) is 36.1 Å². The number of nitrogens with zero attached hydrogens (tertiary/aromatic N) is 3. The second-order valence-corrected chi connectivity index (χ2v) is 18.4. The Morgan fingerprint density at radius 1 is 0.309 bits per heavy atom. The van der Waals surface area contributed by atoms with Gasteiger partial charge >= 0.3 is 7.12 Å². The Bertz CT molecular complexity index is 3960. The van der Waals surface area contributed by atoms with E-state index in [9.17, 15) is 0 Å². The Hall–Kier alpha value is -7.26. The highest BCUT2D eigenvalue weighted by Gasteiger charge is 2.18. The highest BCUT2D eigenvalue weighted by molar-refractivity contribution is 9.11. The van der Waals surface area contributed by atoms with Gasteiger partial charge in [-0.2, -0.15) is 0 Å². The fourth-order valence-corrected chi connectivity index (χ4v) is 10.9. The molecule has 68 heavy (non-hydrogen) atoms. The van der Waals surface area contributed by atoms with E-state index >= 15 is 0 Å². The molecule has 319 valence electrons. The predicted octanol–water partition coefficient (Wildman–Crippen LogP) is 14.7. The lowest BCUT2D eigenvalue weighted by atomic mass is 9.79. The molecule has 0 saturated carbocycles. The summed E-state index contributed by atoms with van der Waals surface area (Å²) in [6, 6.07) is 65.6. The van der Waals surface area contributed by atoms with E-state index in [2.05, 4.69) is 182 Å². The van der Waals surface area contributed by atoms with Crippen LogP contribution in [0.1, 0.15) is 0 Å². The van der Waals surface area contributed by atoms with Gasteiger partial charge in [-0.3, -0.25) is 15.0 Å².